The van der Waals surface area contributed by atoms with Gasteiger partial charge in [-0.25, -0.2) is 0 Å². The summed E-state index contributed by atoms with van der Waals surface area (Å²) in [5, 5.41) is 11.4. The first kappa shape index (κ1) is 12.0. The van der Waals surface area contributed by atoms with Crippen LogP contribution in [0.2, 0.25) is 5.02 Å². The molecule has 0 unspecified atom stereocenters. The van der Waals surface area contributed by atoms with Crippen LogP contribution in [0.25, 0.3) is 0 Å². The molecular weight excluding hydrogens is 258 g/mol. The lowest BCUT2D eigenvalue weighted by Crippen LogP contribution is -1.90. The van der Waals surface area contributed by atoms with Gasteiger partial charge in [0.15, 0.2) is 0 Å². The van der Waals surface area contributed by atoms with Gasteiger partial charge in [-0.15, -0.1) is 0 Å². The van der Waals surface area contributed by atoms with Gasteiger partial charge in [0.05, 0.1) is 9.82 Å². The van der Waals surface area contributed by atoms with Crippen LogP contribution in [0.1, 0.15) is 0 Å². The van der Waals surface area contributed by atoms with Gasteiger partial charge >= 0.3 is 0 Å². The smallest absolute Gasteiger partial charge is 0.258 e. The quantitative estimate of drug-likeness (QED) is 0.610. The van der Waals surface area contributed by atoms with E-state index in [0.29, 0.717) is 9.92 Å². The van der Waals surface area contributed by atoms with Crippen LogP contribution in [0, 0.1) is 10.1 Å². The number of nitro benzene ring substituents is 1. The maximum atomic E-state index is 10.9. The predicted octanol–water partition coefficient (Wildman–Crippen LogP) is 4.40. The van der Waals surface area contributed by atoms with E-state index in [2.05, 4.69) is 0 Å². The van der Waals surface area contributed by atoms with E-state index in [1.165, 1.54) is 23.9 Å². The van der Waals surface area contributed by atoms with Gasteiger partial charge in [0.25, 0.3) is 5.69 Å². The van der Waals surface area contributed by atoms with Gasteiger partial charge in [0.2, 0.25) is 0 Å². The largest absolute Gasteiger partial charge is 0.283 e. The Morgan fingerprint density at radius 2 is 1.82 bits per heavy atom. The second kappa shape index (κ2) is 5.21. The van der Waals surface area contributed by atoms with E-state index >= 15 is 0 Å². The van der Waals surface area contributed by atoms with Crippen LogP contribution in [0.5, 0.6) is 0 Å². The molecule has 0 aliphatic rings. The molecule has 0 atom stereocenters. The highest BCUT2D eigenvalue weighted by Crippen LogP contribution is 2.36. The van der Waals surface area contributed by atoms with E-state index in [1.807, 2.05) is 30.3 Å². The highest BCUT2D eigenvalue weighted by molar-refractivity contribution is 7.99. The van der Waals surface area contributed by atoms with Crippen molar-refractivity contribution in [2.45, 2.75) is 9.79 Å². The van der Waals surface area contributed by atoms with Crippen molar-refractivity contribution in [1.29, 1.82) is 0 Å². The molecule has 0 spiro atoms. The summed E-state index contributed by atoms with van der Waals surface area (Å²) in [4.78, 5) is 12.0. The van der Waals surface area contributed by atoms with Gasteiger partial charge in [-0.05, 0) is 24.3 Å². The van der Waals surface area contributed by atoms with Crippen LogP contribution in [0.4, 0.5) is 5.69 Å². The predicted molar refractivity (Wildman–Crippen MR) is 68.7 cm³/mol. The third kappa shape index (κ3) is 2.99. The van der Waals surface area contributed by atoms with Gasteiger partial charge < -0.3 is 0 Å². The molecule has 86 valence electrons. The first-order chi connectivity index (χ1) is 8.16. The molecule has 2 rings (SSSR count). The lowest BCUT2D eigenvalue weighted by Gasteiger charge is -2.03. The van der Waals surface area contributed by atoms with Gasteiger partial charge in [-0.3, -0.25) is 10.1 Å². The number of halogens is 1. The summed E-state index contributed by atoms with van der Waals surface area (Å²) in [6.07, 6.45) is 0. The number of nitrogens with zero attached hydrogens (tertiary/aromatic N) is 1. The summed E-state index contributed by atoms with van der Waals surface area (Å²) >= 11 is 7.18. The molecule has 2 aromatic carbocycles. The summed E-state index contributed by atoms with van der Waals surface area (Å²) < 4.78 is 0. The zero-order chi connectivity index (χ0) is 12.3. The average Bonchev–Trinajstić information content (AvgIpc) is 2.30. The maximum Gasteiger partial charge on any atom is 0.283 e. The number of hydrogen-bond acceptors (Lipinski definition) is 3. The summed E-state index contributed by atoms with van der Waals surface area (Å²) in [5.41, 5.74) is 0.0725. The van der Waals surface area contributed by atoms with E-state index in [1.54, 1.807) is 6.07 Å². The molecule has 5 heteroatoms. The Morgan fingerprint density at radius 3 is 2.47 bits per heavy atom. The zero-order valence-electron chi connectivity index (χ0n) is 8.67. The Labute approximate surface area is 108 Å². The normalized spacial score (nSPS) is 10.2. The first-order valence-corrected chi connectivity index (χ1v) is 6.03. The van der Waals surface area contributed by atoms with E-state index in [0.717, 1.165) is 4.90 Å². The highest BCUT2D eigenvalue weighted by Gasteiger charge is 2.14. The lowest BCUT2D eigenvalue weighted by molar-refractivity contribution is -0.387. The topological polar surface area (TPSA) is 43.1 Å². The van der Waals surface area contributed by atoms with Gasteiger partial charge in [-0.1, -0.05) is 41.6 Å². The van der Waals surface area contributed by atoms with Crippen LogP contribution < -0.4 is 0 Å². The molecule has 0 N–H and O–H groups in total. The molecule has 0 bridgehead atoms. The van der Waals surface area contributed by atoms with Gasteiger partial charge in [0.1, 0.15) is 0 Å². The Bertz CT molecular complexity index is 545. The molecule has 3 nitrogen and oxygen atoms in total. The van der Waals surface area contributed by atoms with Crippen molar-refractivity contribution in [3.63, 3.8) is 0 Å². The standard InChI is InChI=1S/C12H8ClNO2S/c13-9-6-7-11(14(15)16)12(8-9)17-10-4-2-1-3-5-10/h1-8H. The Kier molecular flexibility index (Phi) is 3.66. The van der Waals surface area contributed by atoms with Crippen molar-refractivity contribution >= 4 is 29.1 Å². The van der Waals surface area contributed by atoms with Gasteiger partial charge in [0, 0.05) is 16.0 Å². The van der Waals surface area contributed by atoms with Crippen LogP contribution in [-0.2, 0) is 0 Å². The number of hydrogen-bond donors (Lipinski definition) is 0. The molecule has 17 heavy (non-hydrogen) atoms. The van der Waals surface area contributed by atoms with E-state index < -0.39 is 4.92 Å². The molecule has 0 heterocycles. The average molecular weight is 266 g/mol. The van der Waals surface area contributed by atoms with Crippen LogP contribution in [-0.4, -0.2) is 4.92 Å². The Hall–Kier alpha value is -1.52. The third-order valence-electron chi connectivity index (χ3n) is 2.09. The minimum atomic E-state index is -0.401. The molecule has 0 aromatic heterocycles. The fourth-order valence-corrected chi connectivity index (χ4v) is 2.55. The molecule has 0 saturated heterocycles. The number of rotatable bonds is 3. The molecule has 0 radical (unpaired) electrons. The van der Waals surface area contributed by atoms with E-state index in [4.69, 9.17) is 11.6 Å². The molecule has 2 aromatic rings. The summed E-state index contributed by atoms with van der Waals surface area (Å²) in [6, 6.07) is 14.0. The number of nitro groups is 1. The zero-order valence-corrected chi connectivity index (χ0v) is 10.2. The summed E-state index contributed by atoms with van der Waals surface area (Å²) in [6.45, 7) is 0. The maximum absolute atomic E-state index is 10.9. The van der Waals surface area contributed by atoms with Crippen molar-refractivity contribution in [1.82, 2.24) is 0 Å². The third-order valence-corrected chi connectivity index (χ3v) is 3.38. The first-order valence-electron chi connectivity index (χ1n) is 4.83. The van der Waals surface area contributed by atoms with Crippen molar-refractivity contribution in [3.05, 3.63) is 63.7 Å². The summed E-state index contributed by atoms with van der Waals surface area (Å²) in [5.74, 6) is 0. The van der Waals surface area contributed by atoms with Crippen LogP contribution >= 0.6 is 23.4 Å². The lowest BCUT2D eigenvalue weighted by atomic mass is 10.3. The molecule has 0 saturated carbocycles. The fourth-order valence-electron chi connectivity index (χ4n) is 1.34. The Balaban J connectivity index is 2.37. The van der Waals surface area contributed by atoms with Gasteiger partial charge in [-0.2, -0.15) is 0 Å². The molecule has 0 fully saturated rings. The van der Waals surface area contributed by atoms with E-state index in [-0.39, 0.29) is 5.69 Å². The fraction of sp³-hybridized carbons (Fsp3) is 0. The second-order valence-corrected chi connectivity index (χ2v) is 4.84. The minimum absolute atomic E-state index is 0.0725. The van der Waals surface area contributed by atoms with Crippen molar-refractivity contribution in [3.8, 4) is 0 Å². The molecular formula is C12H8ClNO2S. The minimum Gasteiger partial charge on any atom is -0.258 e. The Morgan fingerprint density at radius 1 is 1.12 bits per heavy atom. The van der Waals surface area contributed by atoms with E-state index in [9.17, 15) is 10.1 Å². The van der Waals surface area contributed by atoms with Crippen molar-refractivity contribution < 1.29 is 4.92 Å². The van der Waals surface area contributed by atoms with Crippen molar-refractivity contribution in [2.24, 2.45) is 0 Å². The highest BCUT2D eigenvalue weighted by atomic mass is 35.5. The SMILES string of the molecule is O=[N+]([O-])c1ccc(Cl)cc1Sc1ccccc1. The number of benzene rings is 2. The molecule has 0 aliphatic carbocycles. The monoisotopic (exact) mass is 265 g/mol. The summed E-state index contributed by atoms with van der Waals surface area (Å²) in [7, 11) is 0. The molecule has 0 aliphatic heterocycles. The van der Waals surface area contributed by atoms with Crippen molar-refractivity contribution in [2.75, 3.05) is 0 Å². The van der Waals surface area contributed by atoms with Crippen LogP contribution in [0.3, 0.4) is 0 Å². The van der Waals surface area contributed by atoms with Crippen LogP contribution in [0.15, 0.2) is 58.3 Å². The second-order valence-electron chi connectivity index (χ2n) is 3.28. The molecule has 0 amide bonds.